The van der Waals surface area contributed by atoms with Crippen molar-refractivity contribution < 1.29 is 9.59 Å². The number of amides is 2. The van der Waals surface area contributed by atoms with Crippen LogP contribution in [0, 0.1) is 20.8 Å². The van der Waals surface area contributed by atoms with Gasteiger partial charge in [-0.3, -0.25) is 9.59 Å². The van der Waals surface area contributed by atoms with E-state index in [1.807, 2.05) is 57.2 Å². The summed E-state index contributed by atoms with van der Waals surface area (Å²) in [6.07, 6.45) is 1.49. The molecule has 2 aromatic carbocycles. The molecule has 0 spiro atoms. The molecule has 2 rings (SSSR count). The topological polar surface area (TPSA) is 70.6 Å². The highest BCUT2D eigenvalue weighted by molar-refractivity contribution is 6.39. The lowest BCUT2D eigenvalue weighted by atomic mass is 10.1. The molecule has 0 aliphatic rings. The molecule has 2 amide bonds. The summed E-state index contributed by atoms with van der Waals surface area (Å²) in [5.41, 5.74) is 6.93. The van der Waals surface area contributed by atoms with Crippen molar-refractivity contribution >= 4 is 23.7 Å². The Morgan fingerprint density at radius 1 is 0.913 bits per heavy atom. The molecule has 0 bridgehead atoms. The zero-order valence-corrected chi connectivity index (χ0v) is 13.4. The number of nitrogens with zero attached hydrogens (tertiary/aromatic N) is 1. The minimum Gasteiger partial charge on any atom is -0.318 e. The van der Waals surface area contributed by atoms with E-state index in [0.29, 0.717) is 5.69 Å². The van der Waals surface area contributed by atoms with Crippen LogP contribution >= 0.6 is 0 Å². The van der Waals surface area contributed by atoms with E-state index in [1.54, 1.807) is 6.07 Å². The average molecular weight is 309 g/mol. The third kappa shape index (κ3) is 4.78. The highest BCUT2D eigenvalue weighted by Gasteiger charge is 2.12. The molecule has 0 radical (unpaired) electrons. The first kappa shape index (κ1) is 16.4. The molecule has 0 unspecified atom stereocenters. The molecule has 2 aromatic rings. The predicted molar refractivity (Wildman–Crippen MR) is 91.5 cm³/mol. The Labute approximate surface area is 135 Å². The molecule has 0 saturated heterocycles. The fourth-order valence-electron chi connectivity index (χ4n) is 1.88. The number of hydrazone groups is 1. The molecule has 5 heteroatoms. The summed E-state index contributed by atoms with van der Waals surface area (Å²) in [5, 5.41) is 6.32. The minimum atomic E-state index is -0.813. The van der Waals surface area contributed by atoms with Crippen LogP contribution in [0.3, 0.4) is 0 Å². The van der Waals surface area contributed by atoms with Gasteiger partial charge in [0, 0.05) is 5.69 Å². The van der Waals surface area contributed by atoms with Gasteiger partial charge in [-0.2, -0.15) is 5.10 Å². The molecule has 118 valence electrons. The van der Waals surface area contributed by atoms with Gasteiger partial charge in [0.1, 0.15) is 0 Å². The van der Waals surface area contributed by atoms with Crippen molar-refractivity contribution in [1.29, 1.82) is 0 Å². The van der Waals surface area contributed by atoms with Gasteiger partial charge in [-0.15, -0.1) is 0 Å². The Balaban J connectivity index is 1.90. The Hall–Kier alpha value is -2.95. The van der Waals surface area contributed by atoms with E-state index in [1.165, 1.54) is 6.21 Å². The van der Waals surface area contributed by atoms with Crippen LogP contribution in [0.1, 0.15) is 22.3 Å². The molecular formula is C18H19N3O2. The zero-order valence-electron chi connectivity index (χ0n) is 13.4. The maximum absolute atomic E-state index is 11.8. The molecule has 2 N–H and O–H groups in total. The quantitative estimate of drug-likeness (QED) is 0.520. The van der Waals surface area contributed by atoms with Gasteiger partial charge < -0.3 is 5.32 Å². The molecule has 0 fully saturated rings. The third-order valence-corrected chi connectivity index (χ3v) is 3.43. The summed E-state index contributed by atoms with van der Waals surface area (Å²) in [6, 6.07) is 13.1. The lowest BCUT2D eigenvalue weighted by Crippen LogP contribution is -2.32. The van der Waals surface area contributed by atoms with E-state index in [9.17, 15) is 9.59 Å². The van der Waals surface area contributed by atoms with Gasteiger partial charge in [-0.1, -0.05) is 35.9 Å². The summed E-state index contributed by atoms with van der Waals surface area (Å²) in [7, 11) is 0. The second kappa shape index (κ2) is 7.35. The molecule has 0 aliphatic carbocycles. The molecule has 0 aliphatic heterocycles. The monoisotopic (exact) mass is 309 g/mol. The summed E-state index contributed by atoms with van der Waals surface area (Å²) in [6.45, 7) is 5.91. The summed E-state index contributed by atoms with van der Waals surface area (Å²) >= 11 is 0. The third-order valence-electron chi connectivity index (χ3n) is 3.43. The molecule has 5 nitrogen and oxygen atoms in total. The Kier molecular flexibility index (Phi) is 5.25. The fourth-order valence-corrected chi connectivity index (χ4v) is 1.88. The van der Waals surface area contributed by atoms with E-state index >= 15 is 0 Å². The van der Waals surface area contributed by atoms with Crippen LogP contribution < -0.4 is 10.7 Å². The number of anilines is 1. The number of nitrogens with one attached hydrogen (secondary N) is 2. The number of hydrogen-bond acceptors (Lipinski definition) is 3. The Bertz CT molecular complexity index is 749. The highest BCUT2D eigenvalue weighted by atomic mass is 16.2. The standard InChI is InChI=1S/C18H19N3O2/c1-12-4-7-15(8-5-12)11-19-21-18(23)17(22)20-16-9-6-13(2)14(3)10-16/h4-11H,1-3H3,(H,20,22)(H,21,23)/b19-11+. The van der Waals surface area contributed by atoms with Crippen LogP contribution in [-0.2, 0) is 9.59 Å². The number of benzene rings is 2. The van der Waals surface area contributed by atoms with Crippen molar-refractivity contribution in [3.63, 3.8) is 0 Å². The van der Waals surface area contributed by atoms with Crippen LogP contribution in [-0.4, -0.2) is 18.0 Å². The van der Waals surface area contributed by atoms with Gasteiger partial charge in [-0.25, -0.2) is 5.43 Å². The van der Waals surface area contributed by atoms with Crippen molar-refractivity contribution in [2.45, 2.75) is 20.8 Å². The van der Waals surface area contributed by atoms with Crippen molar-refractivity contribution in [1.82, 2.24) is 5.43 Å². The van der Waals surface area contributed by atoms with Gasteiger partial charge in [0.2, 0.25) is 0 Å². The van der Waals surface area contributed by atoms with E-state index in [-0.39, 0.29) is 0 Å². The van der Waals surface area contributed by atoms with Crippen LogP contribution in [0.5, 0.6) is 0 Å². The normalized spacial score (nSPS) is 10.6. The first-order valence-electron chi connectivity index (χ1n) is 7.24. The maximum atomic E-state index is 11.8. The first-order chi connectivity index (χ1) is 11.0. The van der Waals surface area contributed by atoms with Crippen molar-refractivity contribution in [2.75, 3.05) is 5.32 Å². The van der Waals surface area contributed by atoms with Gasteiger partial charge in [-0.05, 0) is 49.6 Å². The molecule has 0 heterocycles. The summed E-state index contributed by atoms with van der Waals surface area (Å²) < 4.78 is 0. The Morgan fingerprint density at radius 2 is 1.61 bits per heavy atom. The second-order valence-electron chi connectivity index (χ2n) is 5.36. The van der Waals surface area contributed by atoms with Gasteiger partial charge in [0.25, 0.3) is 0 Å². The van der Waals surface area contributed by atoms with E-state index < -0.39 is 11.8 Å². The van der Waals surface area contributed by atoms with Gasteiger partial charge in [0.05, 0.1) is 6.21 Å². The molecule has 0 atom stereocenters. The smallest absolute Gasteiger partial charge is 0.318 e. The second-order valence-corrected chi connectivity index (χ2v) is 5.36. The minimum absolute atomic E-state index is 0.579. The van der Waals surface area contributed by atoms with Crippen molar-refractivity contribution in [3.8, 4) is 0 Å². The van der Waals surface area contributed by atoms with E-state index in [4.69, 9.17) is 0 Å². The Morgan fingerprint density at radius 3 is 2.26 bits per heavy atom. The highest BCUT2D eigenvalue weighted by Crippen LogP contribution is 2.13. The van der Waals surface area contributed by atoms with E-state index in [2.05, 4.69) is 15.8 Å². The molecule has 23 heavy (non-hydrogen) atoms. The fraction of sp³-hybridized carbons (Fsp3) is 0.167. The van der Waals surface area contributed by atoms with Crippen LogP contribution in [0.4, 0.5) is 5.69 Å². The summed E-state index contributed by atoms with van der Waals surface area (Å²) in [5.74, 6) is -1.57. The number of rotatable bonds is 3. The molecule has 0 saturated carbocycles. The van der Waals surface area contributed by atoms with Crippen LogP contribution in [0.25, 0.3) is 0 Å². The van der Waals surface area contributed by atoms with Crippen LogP contribution in [0.15, 0.2) is 47.6 Å². The predicted octanol–water partition coefficient (Wildman–Crippen LogP) is 2.70. The SMILES string of the molecule is Cc1ccc(/C=N/NC(=O)C(=O)Nc2ccc(C)c(C)c2)cc1. The van der Waals surface area contributed by atoms with Crippen molar-refractivity contribution in [3.05, 3.63) is 64.7 Å². The number of carbonyl (C=O) groups is 2. The van der Waals surface area contributed by atoms with E-state index in [0.717, 1.165) is 22.3 Å². The molecular weight excluding hydrogens is 290 g/mol. The lowest BCUT2D eigenvalue weighted by Gasteiger charge is -2.06. The number of carbonyl (C=O) groups excluding carboxylic acids is 2. The lowest BCUT2D eigenvalue weighted by molar-refractivity contribution is -0.136. The summed E-state index contributed by atoms with van der Waals surface area (Å²) in [4.78, 5) is 23.5. The van der Waals surface area contributed by atoms with Gasteiger partial charge >= 0.3 is 11.8 Å². The van der Waals surface area contributed by atoms with Crippen LogP contribution in [0.2, 0.25) is 0 Å². The number of hydrogen-bond donors (Lipinski definition) is 2. The molecule has 0 aromatic heterocycles. The maximum Gasteiger partial charge on any atom is 0.329 e. The zero-order chi connectivity index (χ0) is 16.8. The van der Waals surface area contributed by atoms with Gasteiger partial charge in [0.15, 0.2) is 0 Å². The largest absolute Gasteiger partial charge is 0.329 e. The van der Waals surface area contributed by atoms with Crippen molar-refractivity contribution in [2.24, 2.45) is 5.10 Å². The first-order valence-corrected chi connectivity index (χ1v) is 7.24. The number of aryl methyl sites for hydroxylation is 3. The average Bonchev–Trinajstić information content (AvgIpc) is 2.52.